The van der Waals surface area contributed by atoms with Crippen molar-refractivity contribution in [2.75, 3.05) is 60.5 Å². The molecule has 2 aromatic carbocycles. The summed E-state index contributed by atoms with van der Waals surface area (Å²) in [6.45, 7) is 18.9. The Labute approximate surface area is 469 Å². The maximum Gasteiger partial charge on any atom is 0.256 e. The van der Waals surface area contributed by atoms with E-state index in [2.05, 4.69) is 28.4 Å². The number of likely N-dealkylation sites (tertiary alicyclic amines) is 2. The number of halogens is 2. The lowest BCUT2D eigenvalue weighted by Crippen LogP contribution is -2.61. The quantitative estimate of drug-likeness (QED) is 0.113. The van der Waals surface area contributed by atoms with Gasteiger partial charge in [0, 0.05) is 115 Å². The molecule has 1 N–H and O–H groups in total. The number of fused-ring (bicyclic) bond motifs is 4. The van der Waals surface area contributed by atoms with Gasteiger partial charge in [0.15, 0.2) is 0 Å². The Balaban J connectivity index is 0.000000192. The molecule has 20 heteroatoms. The van der Waals surface area contributed by atoms with Crippen molar-refractivity contribution in [2.45, 2.75) is 91.6 Å². The summed E-state index contributed by atoms with van der Waals surface area (Å²) < 4.78 is 14.8. The van der Waals surface area contributed by atoms with Gasteiger partial charge in [-0.1, -0.05) is 50.2 Å². The van der Waals surface area contributed by atoms with Gasteiger partial charge >= 0.3 is 0 Å². The lowest BCUT2D eigenvalue weighted by atomic mass is 9.99. The molecule has 0 aliphatic carbocycles. The van der Waals surface area contributed by atoms with E-state index in [-0.39, 0.29) is 60.6 Å². The number of aromatic nitrogens is 4. The number of aryl methyl sites for hydroxylation is 2. The molecule has 0 saturated carbocycles. The zero-order valence-corrected chi connectivity index (χ0v) is 47.3. The molecule has 8 heterocycles. The van der Waals surface area contributed by atoms with Crippen LogP contribution in [0.2, 0.25) is 10.0 Å². The molecule has 0 atom stereocenters. The number of benzene rings is 2. The van der Waals surface area contributed by atoms with Crippen LogP contribution in [0.25, 0.3) is 21.8 Å². The molecule has 4 aliphatic heterocycles. The molecule has 6 aromatic rings. The van der Waals surface area contributed by atoms with Crippen molar-refractivity contribution in [1.82, 2.24) is 48.9 Å². The Morgan fingerprint density at radius 3 is 1.56 bits per heavy atom. The first-order valence-electron chi connectivity index (χ1n) is 26.5. The normalized spacial score (nSPS) is 15.1. The summed E-state index contributed by atoms with van der Waals surface area (Å²) in [6, 6.07) is 11.1. The maximum atomic E-state index is 14.2. The van der Waals surface area contributed by atoms with E-state index < -0.39 is 0 Å². The van der Waals surface area contributed by atoms with Gasteiger partial charge in [0.2, 0.25) is 35.4 Å². The summed E-state index contributed by atoms with van der Waals surface area (Å²) in [5.41, 5.74) is 10.3. The Morgan fingerprint density at radius 1 is 0.684 bits per heavy atom. The average molecular weight is 1110 g/mol. The summed E-state index contributed by atoms with van der Waals surface area (Å²) in [7, 11) is 4.98. The number of hydrogen-bond acceptors (Lipinski definition) is 10. The fourth-order valence-corrected chi connectivity index (χ4v) is 12.2. The molecule has 0 radical (unpaired) electrons. The van der Waals surface area contributed by atoms with Crippen LogP contribution in [0.1, 0.15) is 79.3 Å². The van der Waals surface area contributed by atoms with Crippen LogP contribution in [-0.4, -0.2) is 152 Å². The topological polar surface area (TPSA) is 185 Å². The second-order valence-corrected chi connectivity index (χ2v) is 21.3. The third-order valence-corrected chi connectivity index (χ3v) is 16.2. The van der Waals surface area contributed by atoms with Crippen molar-refractivity contribution in [2.24, 2.45) is 0 Å². The largest absolute Gasteiger partial charge is 0.481 e. The van der Waals surface area contributed by atoms with E-state index in [4.69, 9.17) is 32.7 Å². The average Bonchev–Trinajstić information content (AvgIpc) is 4.06. The fraction of sp³-hybridized carbons (Fsp3) is 0.390. The highest BCUT2D eigenvalue weighted by atomic mass is 35.5. The zero-order chi connectivity index (χ0) is 56.6. The molecule has 2 fully saturated rings. The molecule has 0 unspecified atom stereocenters. The van der Waals surface area contributed by atoms with Crippen molar-refractivity contribution < 1.29 is 38.2 Å². The van der Waals surface area contributed by atoms with Gasteiger partial charge in [0.1, 0.15) is 13.1 Å². The maximum absolute atomic E-state index is 14.2. The Bertz CT molecular complexity index is 3470. The van der Waals surface area contributed by atoms with Gasteiger partial charge in [-0.05, 0) is 110 Å². The summed E-state index contributed by atoms with van der Waals surface area (Å²) in [5.74, 6) is 0.507. The number of nitrogens with one attached hydrogen (secondary N) is 1. The SMILES string of the molecule is C=CC(=O)N1CC(N(C)C(=O)Cn2c(CC)c(C(=O)N3CCc4c(ccnc4OC)C3)c3cc(Cl)cc(C)c32)C1.C=CC(=O)N1CC(NC(=O)Cn2c(CC)c(C(=O)N3CCc4c(ccnc4OC)C3)c3cc(Cl)cc(C)c32)C1. The molecular formula is C59H66Cl2N10O8. The minimum atomic E-state index is -0.169. The number of amides is 6. The van der Waals surface area contributed by atoms with Crippen LogP contribution >= 0.6 is 23.2 Å². The summed E-state index contributed by atoms with van der Waals surface area (Å²) in [6.07, 6.45) is 8.39. The number of pyridine rings is 2. The third kappa shape index (κ3) is 10.8. The van der Waals surface area contributed by atoms with E-state index >= 15 is 0 Å². The highest BCUT2D eigenvalue weighted by molar-refractivity contribution is 6.32. The second kappa shape index (κ2) is 23.3. The van der Waals surface area contributed by atoms with E-state index in [0.29, 0.717) is 111 Å². The number of nitrogens with zero attached hydrogens (tertiary/aromatic N) is 9. The van der Waals surface area contributed by atoms with Crippen molar-refractivity contribution in [1.29, 1.82) is 0 Å². The minimum absolute atomic E-state index is 0.0557. The highest BCUT2D eigenvalue weighted by Crippen LogP contribution is 2.37. The molecule has 0 bridgehead atoms. The van der Waals surface area contributed by atoms with E-state index in [1.165, 1.54) is 12.2 Å². The van der Waals surface area contributed by atoms with Crippen LogP contribution in [0.5, 0.6) is 11.8 Å². The predicted octanol–water partition coefficient (Wildman–Crippen LogP) is 6.90. The van der Waals surface area contributed by atoms with Crippen molar-refractivity contribution in [3.05, 3.63) is 140 Å². The van der Waals surface area contributed by atoms with E-state index in [1.807, 2.05) is 83.0 Å². The number of ether oxygens (including phenoxy) is 2. The number of hydrogen-bond donors (Lipinski definition) is 1. The molecule has 10 rings (SSSR count). The van der Waals surface area contributed by atoms with Gasteiger partial charge in [-0.3, -0.25) is 28.8 Å². The molecule has 79 heavy (non-hydrogen) atoms. The Morgan fingerprint density at radius 2 is 1.13 bits per heavy atom. The number of carbonyl (C=O) groups excluding carboxylic acids is 6. The number of likely N-dealkylation sites (N-methyl/N-ethyl adjacent to an activating group) is 1. The third-order valence-electron chi connectivity index (χ3n) is 15.7. The van der Waals surface area contributed by atoms with Gasteiger partial charge in [0.25, 0.3) is 11.8 Å². The first-order chi connectivity index (χ1) is 37.9. The van der Waals surface area contributed by atoms with Crippen molar-refractivity contribution in [3.63, 3.8) is 0 Å². The summed E-state index contributed by atoms with van der Waals surface area (Å²) in [5, 5.41) is 5.61. The van der Waals surface area contributed by atoms with Crippen LogP contribution < -0.4 is 14.8 Å². The van der Waals surface area contributed by atoms with E-state index in [1.54, 1.807) is 48.4 Å². The lowest BCUT2D eigenvalue weighted by Gasteiger charge is -2.43. The monoisotopic (exact) mass is 1110 g/mol. The summed E-state index contributed by atoms with van der Waals surface area (Å²) in [4.78, 5) is 95.8. The fourth-order valence-electron chi connectivity index (χ4n) is 11.7. The van der Waals surface area contributed by atoms with Crippen LogP contribution in [0.15, 0.2) is 74.1 Å². The number of carbonyl (C=O) groups is 6. The molecule has 2 saturated heterocycles. The predicted molar refractivity (Wildman–Crippen MR) is 303 cm³/mol. The molecule has 414 valence electrons. The van der Waals surface area contributed by atoms with Crippen LogP contribution in [-0.2, 0) is 71.0 Å². The first-order valence-corrected chi connectivity index (χ1v) is 27.3. The number of methoxy groups -OCH3 is 2. The Hall–Kier alpha value is -7.70. The second-order valence-electron chi connectivity index (χ2n) is 20.4. The highest BCUT2D eigenvalue weighted by Gasteiger charge is 2.37. The van der Waals surface area contributed by atoms with Gasteiger partial charge in [0.05, 0.1) is 48.5 Å². The van der Waals surface area contributed by atoms with E-state index in [0.717, 1.165) is 66.6 Å². The lowest BCUT2D eigenvalue weighted by molar-refractivity contribution is -0.142. The summed E-state index contributed by atoms with van der Waals surface area (Å²) >= 11 is 13.0. The molecule has 4 aromatic heterocycles. The molecule has 4 aliphatic rings. The van der Waals surface area contributed by atoms with Gasteiger partial charge < -0.3 is 48.4 Å². The molecule has 0 spiro atoms. The van der Waals surface area contributed by atoms with E-state index in [9.17, 15) is 28.8 Å². The zero-order valence-electron chi connectivity index (χ0n) is 45.8. The standard InChI is InChI=1S/C30H34ClN5O4.C29H32ClN5O4/c1-6-24-27(30(39)34-11-9-22-19(14-34)8-10-32-29(22)40-5)23-13-20(31)12-18(3)28(23)36(24)17-26(38)33(4)21-15-35(16-21)25(37)7-2;1-5-23-26(29(38)33-10-8-21-18(13-33)7-9-31-28(21)39-4)22-12-19(30)11-17(3)27(22)35(23)16-24(36)32-20-14-34(15-20)25(37)6-2/h7-8,10,12-13,21H,2,6,9,11,14-17H2,1,3-5H3;6-7,9,11-12,20H,2,5,8,10,13-16H2,1,3-4H3,(H,32,36). The van der Waals surface area contributed by atoms with Crippen LogP contribution in [0.3, 0.4) is 0 Å². The van der Waals surface area contributed by atoms with Crippen LogP contribution in [0, 0.1) is 13.8 Å². The molecular weight excluding hydrogens is 1050 g/mol. The van der Waals surface area contributed by atoms with Crippen LogP contribution in [0.4, 0.5) is 0 Å². The smallest absolute Gasteiger partial charge is 0.256 e. The number of rotatable bonds is 14. The molecule has 18 nitrogen and oxygen atoms in total. The van der Waals surface area contributed by atoms with Crippen molar-refractivity contribution >= 4 is 80.5 Å². The molecule has 6 amide bonds. The van der Waals surface area contributed by atoms with Crippen molar-refractivity contribution in [3.8, 4) is 11.8 Å². The van der Waals surface area contributed by atoms with Gasteiger partial charge in [-0.25, -0.2) is 9.97 Å². The minimum Gasteiger partial charge on any atom is -0.481 e. The first kappa shape index (κ1) is 56.0. The van der Waals surface area contributed by atoms with Gasteiger partial charge in [-0.2, -0.15) is 0 Å². The van der Waals surface area contributed by atoms with Gasteiger partial charge in [-0.15, -0.1) is 0 Å². The Kier molecular flexibility index (Phi) is 16.5.